The molecular formula is C20H20N2. The van der Waals surface area contributed by atoms with Gasteiger partial charge in [0.25, 0.3) is 0 Å². The number of nitrogens with two attached hydrogens (primary N) is 1. The van der Waals surface area contributed by atoms with Crippen LogP contribution in [0, 0.1) is 0 Å². The number of hydrogen-bond acceptors (Lipinski definition) is 2. The van der Waals surface area contributed by atoms with E-state index in [9.17, 15) is 0 Å². The van der Waals surface area contributed by atoms with E-state index in [0.29, 0.717) is 6.54 Å². The Bertz CT molecular complexity index is 641. The van der Waals surface area contributed by atoms with E-state index in [2.05, 4.69) is 77.7 Å². The summed E-state index contributed by atoms with van der Waals surface area (Å²) in [5.74, 6) is 0. The molecule has 0 radical (unpaired) electrons. The van der Waals surface area contributed by atoms with Crippen LogP contribution in [0.4, 0.5) is 11.4 Å². The molecule has 1 atom stereocenters. The Morgan fingerprint density at radius 3 is 1.45 bits per heavy atom. The second kappa shape index (κ2) is 6.92. The van der Waals surface area contributed by atoms with E-state index in [-0.39, 0.29) is 6.04 Å². The molecule has 110 valence electrons. The number of benzene rings is 3. The Kier molecular flexibility index (Phi) is 4.52. The van der Waals surface area contributed by atoms with Crippen molar-refractivity contribution in [3.05, 3.63) is 96.6 Å². The van der Waals surface area contributed by atoms with E-state index in [1.807, 2.05) is 18.2 Å². The van der Waals surface area contributed by atoms with Gasteiger partial charge in [-0.05, 0) is 29.8 Å². The Balaban J connectivity index is 2.09. The molecule has 0 spiro atoms. The maximum absolute atomic E-state index is 6.14. The lowest BCUT2D eigenvalue weighted by Gasteiger charge is -2.33. The lowest BCUT2D eigenvalue weighted by molar-refractivity contribution is 0.707. The molecule has 3 rings (SSSR count). The second-order valence-corrected chi connectivity index (χ2v) is 5.20. The van der Waals surface area contributed by atoms with Crippen LogP contribution >= 0.6 is 0 Å². The van der Waals surface area contributed by atoms with Gasteiger partial charge in [0.15, 0.2) is 0 Å². The summed E-state index contributed by atoms with van der Waals surface area (Å²) >= 11 is 0. The van der Waals surface area contributed by atoms with Gasteiger partial charge < -0.3 is 10.6 Å². The number of anilines is 2. The number of rotatable bonds is 5. The van der Waals surface area contributed by atoms with Gasteiger partial charge in [-0.3, -0.25) is 0 Å². The Labute approximate surface area is 131 Å². The summed E-state index contributed by atoms with van der Waals surface area (Å²) in [6, 6.07) is 31.3. The molecule has 0 aliphatic carbocycles. The average Bonchev–Trinajstić information content (AvgIpc) is 2.62. The smallest absolute Gasteiger partial charge is 0.0713 e. The van der Waals surface area contributed by atoms with Gasteiger partial charge in [-0.15, -0.1) is 0 Å². The van der Waals surface area contributed by atoms with Crippen molar-refractivity contribution in [3.63, 3.8) is 0 Å². The molecule has 0 saturated carbocycles. The van der Waals surface area contributed by atoms with Crippen molar-refractivity contribution >= 4 is 11.4 Å². The molecule has 0 saturated heterocycles. The second-order valence-electron chi connectivity index (χ2n) is 5.20. The van der Waals surface area contributed by atoms with Crippen LogP contribution in [0.15, 0.2) is 91.0 Å². The molecule has 0 heterocycles. The fraction of sp³-hybridized carbons (Fsp3) is 0.100. The first kappa shape index (κ1) is 14.4. The lowest BCUT2D eigenvalue weighted by atomic mass is 10.0. The molecule has 3 aromatic carbocycles. The molecule has 3 aromatic rings. The van der Waals surface area contributed by atoms with E-state index in [0.717, 1.165) is 11.4 Å². The largest absolute Gasteiger partial charge is 0.333 e. The maximum atomic E-state index is 6.14. The molecular weight excluding hydrogens is 268 g/mol. The molecule has 0 aliphatic heterocycles. The first-order chi connectivity index (χ1) is 10.9. The highest BCUT2D eigenvalue weighted by atomic mass is 15.2. The van der Waals surface area contributed by atoms with Crippen LogP contribution in [-0.2, 0) is 0 Å². The minimum absolute atomic E-state index is 0.103. The van der Waals surface area contributed by atoms with Crippen molar-refractivity contribution < 1.29 is 0 Å². The van der Waals surface area contributed by atoms with Gasteiger partial charge in [-0.2, -0.15) is 0 Å². The number of para-hydroxylation sites is 2. The molecule has 0 fully saturated rings. The SMILES string of the molecule is NCC(c1ccccc1)N(c1ccccc1)c1ccccc1. The first-order valence-electron chi connectivity index (χ1n) is 7.54. The molecule has 1 unspecified atom stereocenters. The van der Waals surface area contributed by atoms with Gasteiger partial charge >= 0.3 is 0 Å². The van der Waals surface area contributed by atoms with Crippen LogP contribution in [0.25, 0.3) is 0 Å². The predicted octanol–water partition coefficient (Wildman–Crippen LogP) is 4.52. The van der Waals surface area contributed by atoms with Crippen LogP contribution in [0.1, 0.15) is 11.6 Å². The van der Waals surface area contributed by atoms with Gasteiger partial charge in [-0.25, -0.2) is 0 Å². The zero-order valence-corrected chi connectivity index (χ0v) is 12.5. The topological polar surface area (TPSA) is 29.3 Å². The summed E-state index contributed by atoms with van der Waals surface area (Å²) in [7, 11) is 0. The first-order valence-corrected chi connectivity index (χ1v) is 7.54. The van der Waals surface area contributed by atoms with Crippen LogP contribution in [0.3, 0.4) is 0 Å². The van der Waals surface area contributed by atoms with Crippen molar-refractivity contribution in [1.82, 2.24) is 0 Å². The highest BCUT2D eigenvalue weighted by Gasteiger charge is 2.20. The van der Waals surface area contributed by atoms with Crippen LogP contribution in [0.5, 0.6) is 0 Å². The summed E-state index contributed by atoms with van der Waals surface area (Å²) in [6.45, 7) is 0.549. The Hall–Kier alpha value is -2.58. The number of hydrogen-bond donors (Lipinski definition) is 1. The minimum atomic E-state index is 0.103. The molecule has 0 bridgehead atoms. The van der Waals surface area contributed by atoms with Crippen molar-refractivity contribution in [3.8, 4) is 0 Å². The van der Waals surface area contributed by atoms with Crippen molar-refractivity contribution in [1.29, 1.82) is 0 Å². The van der Waals surface area contributed by atoms with E-state index in [4.69, 9.17) is 5.73 Å². The lowest BCUT2D eigenvalue weighted by Crippen LogP contribution is -2.30. The highest BCUT2D eigenvalue weighted by Crippen LogP contribution is 2.34. The fourth-order valence-electron chi connectivity index (χ4n) is 2.75. The normalized spacial score (nSPS) is 11.9. The zero-order chi connectivity index (χ0) is 15.2. The molecule has 22 heavy (non-hydrogen) atoms. The Morgan fingerprint density at radius 1 is 0.636 bits per heavy atom. The average molecular weight is 288 g/mol. The fourth-order valence-corrected chi connectivity index (χ4v) is 2.75. The molecule has 2 heteroatoms. The summed E-state index contributed by atoms with van der Waals surface area (Å²) < 4.78 is 0. The third-order valence-electron chi connectivity index (χ3n) is 3.79. The van der Waals surface area contributed by atoms with Crippen LogP contribution in [-0.4, -0.2) is 6.54 Å². The molecule has 0 amide bonds. The van der Waals surface area contributed by atoms with Crippen molar-refractivity contribution in [2.24, 2.45) is 5.73 Å². The third-order valence-corrected chi connectivity index (χ3v) is 3.79. The molecule has 0 aliphatic rings. The maximum Gasteiger partial charge on any atom is 0.0713 e. The number of nitrogens with zero attached hydrogens (tertiary/aromatic N) is 1. The van der Waals surface area contributed by atoms with E-state index in [1.54, 1.807) is 0 Å². The van der Waals surface area contributed by atoms with E-state index < -0.39 is 0 Å². The van der Waals surface area contributed by atoms with E-state index in [1.165, 1.54) is 5.56 Å². The third kappa shape index (κ3) is 3.02. The van der Waals surface area contributed by atoms with Gasteiger partial charge in [0.1, 0.15) is 0 Å². The summed E-state index contributed by atoms with van der Waals surface area (Å²) in [5.41, 5.74) is 9.65. The minimum Gasteiger partial charge on any atom is -0.333 e. The Morgan fingerprint density at radius 2 is 1.05 bits per heavy atom. The van der Waals surface area contributed by atoms with Gasteiger partial charge in [0, 0.05) is 17.9 Å². The van der Waals surface area contributed by atoms with E-state index >= 15 is 0 Å². The molecule has 2 nitrogen and oxygen atoms in total. The van der Waals surface area contributed by atoms with Crippen molar-refractivity contribution in [2.45, 2.75) is 6.04 Å². The summed E-state index contributed by atoms with van der Waals surface area (Å²) in [5, 5.41) is 0. The quantitative estimate of drug-likeness (QED) is 0.747. The van der Waals surface area contributed by atoms with Crippen molar-refractivity contribution in [2.75, 3.05) is 11.4 Å². The van der Waals surface area contributed by atoms with Gasteiger partial charge in [-0.1, -0.05) is 66.7 Å². The zero-order valence-electron chi connectivity index (χ0n) is 12.5. The van der Waals surface area contributed by atoms with Gasteiger partial charge in [0.2, 0.25) is 0 Å². The summed E-state index contributed by atoms with van der Waals surface area (Å²) in [6.07, 6.45) is 0. The monoisotopic (exact) mass is 288 g/mol. The predicted molar refractivity (Wildman–Crippen MR) is 93.3 cm³/mol. The summed E-state index contributed by atoms with van der Waals surface area (Å²) in [4.78, 5) is 2.30. The molecule has 0 aromatic heterocycles. The van der Waals surface area contributed by atoms with Gasteiger partial charge in [0.05, 0.1) is 6.04 Å². The standard InChI is InChI=1S/C20H20N2/c21-16-20(17-10-4-1-5-11-17)22(18-12-6-2-7-13-18)19-14-8-3-9-15-19/h1-15,20H,16,21H2. The van der Waals surface area contributed by atoms with Crippen LogP contribution in [0.2, 0.25) is 0 Å². The van der Waals surface area contributed by atoms with Crippen LogP contribution < -0.4 is 10.6 Å². The highest BCUT2D eigenvalue weighted by molar-refractivity contribution is 5.65. The molecule has 2 N–H and O–H groups in total.